The molecule has 174 valence electrons. The maximum atomic E-state index is 15.3. The van der Waals surface area contributed by atoms with Gasteiger partial charge in [0.2, 0.25) is 5.95 Å². The molecule has 1 N–H and O–H groups in total. The van der Waals surface area contributed by atoms with E-state index >= 15 is 4.39 Å². The molecule has 0 atom stereocenters. The molecule has 0 spiro atoms. The van der Waals surface area contributed by atoms with E-state index < -0.39 is 11.6 Å². The zero-order valence-electron chi connectivity index (χ0n) is 18.3. The molecule has 0 unspecified atom stereocenters. The molecule has 0 saturated carbocycles. The third-order valence-electron chi connectivity index (χ3n) is 6.14. The number of anilines is 2. The van der Waals surface area contributed by atoms with Crippen LogP contribution in [0.4, 0.5) is 24.8 Å². The first-order valence-corrected chi connectivity index (χ1v) is 10.9. The number of hydrogen-bond acceptors (Lipinski definition) is 6. The zero-order valence-corrected chi connectivity index (χ0v) is 18.3. The Hall–Kier alpha value is -2.95. The lowest BCUT2D eigenvalue weighted by Crippen LogP contribution is -2.56. The van der Waals surface area contributed by atoms with Crippen molar-refractivity contribution in [2.24, 2.45) is 0 Å². The number of piperazine rings is 1. The van der Waals surface area contributed by atoms with E-state index in [1.54, 1.807) is 6.07 Å². The van der Waals surface area contributed by atoms with Crippen molar-refractivity contribution >= 4 is 11.6 Å². The van der Waals surface area contributed by atoms with E-state index in [0.29, 0.717) is 23.8 Å². The normalized spacial score (nSPS) is 17.8. The first-order chi connectivity index (χ1) is 16.0. The minimum absolute atomic E-state index is 0.159. The van der Waals surface area contributed by atoms with Crippen LogP contribution < -0.4 is 5.32 Å². The van der Waals surface area contributed by atoms with Gasteiger partial charge in [-0.15, -0.1) is 5.10 Å². The highest BCUT2D eigenvalue weighted by Crippen LogP contribution is 2.25. The summed E-state index contributed by atoms with van der Waals surface area (Å²) in [5.41, 5.74) is 2.11. The highest BCUT2D eigenvalue weighted by atomic mass is 19.2. The molecule has 2 aliphatic rings. The Balaban J connectivity index is 1.28. The summed E-state index contributed by atoms with van der Waals surface area (Å²) in [7, 11) is 0. The third-order valence-corrected chi connectivity index (χ3v) is 6.14. The number of rotatable bonds is 6. The van der Waals surface area contributed by atoms with Gasteiger partial charge in [-0.05, 0) is 30.7 Å². The Kier molecular flexibility index (Phi) is 6.05. The van der Waals surface area contributed by atoms with Crippen LogP contribution in [0.5, 0.6) is 0 Å². The molecule has 5 rings (SSSR count). The van der Waals surface area contributed by atoms with Crippen molar-refractivity contribution in [3.05, 3.63) is 65.2 Å². The van der Waals surface area contributed by atoms with E-state index in [2.05, 4.69) is 25.2 Å². The van der Waals surface area contributed by atoms with E-state index in [9.17, 15) is 8.78 Å². The summed E-state index contributed by atoms with van der Waals surface area (Å²) in [6.07, 6.45) is 1.36. The van der Waals surface area contributed by atoms with Gasteiger partial charge in [0.25, 0.3) is 0 Å². The monoisotopic (exact) mass is 458 g/mol. The first-order valence-electron chi connectivity index (χ1n) is 10.9. The topological polar surface area (TPSA) is 58.5 Å². The third kappa shape index (κ3) is 4.73. The number of nitrogens with one attached hydrogen (secondary N) is 1. The molecule has 1 aromatic heterocycles. The fraction of sp³-hybridized carbons (Fsp3) is 0.391. The Morgan fingerprint density at radius 1 is 1.03 bits per heavy atom. The summed E-state index contributed by atoms with van der Waals surface area (Å²) in [4.78, 5) is 8.82. The molecule has 0 bridgehead atoms. The Bertz CT molecular complexity index is 1140. The first kappa shape index (κ1) is 21.9. The molecule has 2 aromatic carbocycles. The molecule has 2 aliphatic heterocycles. The molecule has 33 heavy (non-hydrogen) atoms. The number of benzene rings is 2. The van der Waals surface area contributed by atoms with Gasteiger partial charge in [-0.3, -0.25) is 9.80 Å². The lowest BCUT2D eigenvalue weighted by molar-refractivity contribution is -0.0774. The van der Waals surface area contributed by atoms with Crippen LogP contribution in [0.2, 0.25) is 0 Å². The van der Waals surface area contributed by atoms with E-state index in [-0.39, 0.29) is 17.5 Å². The maximum absolute atomic E-state index is 15.3. The molecule has 0 radical (unpaired) electrons. The van der Waals surface area contributed by atoms with Crippen LogP contribution >= 0.6 is 0 Å². The molecule has 0 amide bonds. The average molecular weight is 458 g/mol. The molecule has 3 heterocycles. The van der Waals surface area contributed by atoms with Crippen molar-refractivity contribution in [2.45, 2.75) is 19.5 Å². The van der Waals surface area contributed by atoms with E-state index in [1.165, 1.54) is 17.1 Å². The van der Waals surface area contributed by atoms with Gasteiger partial charge in [0.05, 0.1) is 30.6 Å². The Morgan fingerprint density at radius 2 is 1.82 bits per heavy atom. The van der Waals surface area contributed by atoms with Crippen molar-refractivity contribution in [3.63, 3.8) is 0 Å². The lowest BCUT2D eigenvalue weighted by atomic mass is 10.1. The number of halogens is 3. The second kappa shape index (κ2) is 9.12. The molecular weight excluding hydrogens is 433 g/mol. The van der Waals surface area contributed by atoms with Gasteiger partial charge in [-0.25, -0.2) is 17.9 Å². The van der Waals surface area contributed by atoms with E-state index in [0.717, 1.165) is 57.1 Å². The number of nitrogens with zero attached hydrogens (tertiary/aromatic N) is 5. The van der Waals surface area contributed by atoms with Crippen LogP contribution in [0, 0.1) is 24.4 Å². The highest BCUT2D eigenvalue weighted by Gasteiger charge is 2.29. The summed E-state index contributed by atoms with van der Waals surface area (Å²) >= 11 is 0. The summed E-state index contributed by atoms with van der Waals surface area (Å²) in [5, 5.41) is 7.13. The second-order valence-electron chi connectivity index (χ2n) is 8.53. The fourth-order valence-corrected chi connectivity index (χ4v) is 4.20. The largest absolute Gasteiger partial charge is 0.378 e. The summed E-state index contributed by atoms with van der Waals surface area (Å²) < 4.78 is 48.6. The second-order valence-corrected chi connectivity index (χ2v) is 8.53. The zero-order chi connectivity index (χ0) is 22.9. The van der Waals surface area contributed by atoms with E-state index in [4.69, 9.17) is 4.74 Å². The predicted octanol–water partition coefficient (Wildman–Crippen LogP) is 3.25. The Labute approximate surface area is 189 Å². The molecule has 3 aromatic rings. The van der Waals surface area contributed by atoms with Crippen LogP contribution in [-0.2, 0) is 11.3 Å². The minimum Gasteiger partial charge on any atom is -0.378 e. The molecule has 2 saturated heterocycles. The summed E-state index contributed by atoms with van der Waals surface area (Å²) in [6, 6.07) is 7.52. The van der Waals surface area contributed by atoms with Gasteiger partial charge in [-0.1, -0.05) is 6.07 Å². The van der Waals surface area contributed by atoms with Crippen molar-refractivity contribution in [3.8, 4) is 5.69 Å². The van der Waals surface area contributed by atoms with Gasteiger partial charge in [0.1, 0.15) is 6.33 Å². The summed E-state index contributed by atoms with van der Waals surface area (Å²) in [6.45, 7) is 7.72. The highest BCUT2D eigenvalue weighted by molar-refractivity contribution is 5.57. The Morgan fingerprint density at radius 3 is 2.52 bits per heavy atom. The minimum atomic E-state index is -0.978. The fourth-order valence-electron chi connectivity index (χ4n) is 4.20. The van der Waals surface area contributed by atoms with Crippen LogP contribution in [0.15, 0.2) is 36.7 Å². The predicted molar refractivity (Wildman–Crippen MR) is 117 cm³/mol. The molecule has 0 aliphatic carbocycles. The SMILES string of the molecule is Cc1cc(CN2CCN(C3COC3)CC2)c(F)c(Nc2ncn(-c3ccc(F)c(F)c3)n2)c1. The van der Waals surface area contributed by atoms with Crippen molar-refractivity contribution in [1.82, 2.24) is 24.6 Å². The molecule has 2 fully saturated rings. The number of aromatic nitrogens is 3. The number of aryl methyl sites for hydroxylation is 1. The van der Waals surface area contributed by atoms with Gasteiger partial charge >= 0.3 is 0 Å². The van der Waals surface area contributed by atoms with Gasteiger partial charge in [-0.2, -0.15) is 4.98 Å². The van der Waals surface area contributed by atoms with Crippen LogP contribution in [-0.4, -0.2) is 70.0 Å². The van der Waals surface area contributed by atoms with E-state index in [1.807, 2.05) is 13.0 Å². The van der Waals surface area contributed by atoms with Crippen molar-refractivity contribution in [1.29, 1.82) is 0 Å². The van der Waals surface area contributed by atoms with Gasteiger partial charge in [0.15, 0.2) is 17.5 Å². The standard InChI is InChI=1S/C23H25F3N6O/c1-15-8-16(11-30-4-6-31(7-5-30)18-12-33-13-18)22(26)21(9-15)28-23-27-14-32(29-23)17-2-3-19(24)20(25)10-17/h2-3,8-10,14,18H,4-7,11-13H2,1H3,(H,28,29). The van der Waals surface area contributed by atoms with Gasteiger partial charge < -0.3 is 10.1 Å². The van der Waals surface area contributed by atoms with Crippen molar-refractivity contribution < 1.29 is 17.9 Å². The molecular formula is C23H25F3N6O. The number of ether oxygens (including phenoxy) is 1. The van der Waals surface area contributed by atoms with Crippen LogP contribution in [0.25, 0.3) is 5.69 Å². The van der Waals surface area contributed by atoms with Crippen molar-refractivity contribution in [2.75, 3.05) is 44.7 Å². The lowest BCUT2D eigenvalue weighted by Gasteiger charge is -2.42. The summed E-state index contributed by atoms with van der Waals surface area (Å²) in [5.74, 6) is -2.11. The van der Waals surface area contributed by atoms with Gasteiger partial charge in [0, 0.05) is 44.4 Å². The molecule has 10 heteroatoms. The van der Waals surface area contributed by atoms with Crippen LogP contribution in [0.3, 0.4) is 0 Å². The quantitative estimate of drug-likeness (QED) is 0.612. The maximum Gasteiger partial charge on any atom is 0.247 e. The number of hydrogen-bond donors (Lipinski definition) is 1. The van der Waals surface area contributed by atoms with Crippen LogP contribution in [0.1, 0.15) is 11.1 Å². The average Bonchev–Trinajstić information content (AvgIpc) is 3.22. The molecule has 7 nitrogen and oxygen atoms in total. The smallest absolute Gasteiger partial charge is 0.247 e.